The number of fused-ring (bicyclic) bond motifs is 1. The Hall–Kier alpha value is -1.84. The van der Waals surface area contributed by atoms with Gasteiger partial charge in [-0.1, -0.05) is 25.1 Å². The highest BCUT2D eigenvalue weighted by atomic mass is 16.5. The first-order valence-corrected chi connectivity index (χ1v) is 6.71. The maximum atomic E-state index is 12.2. The molecular weight excluding hydrogens is 256 g/mol. The second kappa shape index (κ2) is 5.27. The van der Waals surface area contributed by atoms with Crippen LogP contribution < -0.4 is 0 Å². The van der Waals surface area contributed by atoms with Gasteiger partial charge in [0, 0.05) is 0 Å². The van der Waals surface area contributed by atoms with Crippen molar-refractivity contribution in [2.45, 2.75) is 32.6 Å². The molecule has 20 heavy (non-hydrogen) atoms. The van der Waals surface area contributed by atoms with E-state index in [1.54, 1.807) is 0 Å². The van der Waals surface area contributed by atoms with E-state index in [0.29, 0.717) is 12.8 Å². The second-order valence-corrected chi connectivity index (χ2v) is 5.49. The predicted molar refractivity (Wildman–Crippen MR) is 74.4 cm³/mol. The molecule has 0 saturated heterocycles. The number of benzene rings is 1. The smallest absolute Gasteiger partial charge is 0.323 e. The summed E-state index contributed by atoms with van der Waals surface area (Å²) < 4.78 is 9.74. The van der Waals surface area contributed by atoms with Gasteiger partial charge in [-0.25, -0.2) is 0 Å². The number of ether oxygens (including phenoxy) is 2. The largest absolute Gasteiger partial charge is 0.468 e. The fraction of sp³-hybridized carbons (Fsp3) is 0.500. The Morgan fingerprint density at radius 3 is 2.35 bits per heavy atom. The van der Waals surface area contributed by atoms with E-state index in [1.165, 1.54) is 25.3 Å². The number of aryl methyl sites for hydroxylation is 1. The van der Waals surface area contributed by atoms with Crippen molar-refractivity contribution >= 4 is 11.9 Å². The van der Waals surface area contributed by atoms with Crippen LogP contribution in [0.3, 0.4) is 0 Å². The summed E-state index contributed by atoms with van der Waals surface area (Å²) in [6.07, 6.45) is 0.762. The summed E-state index contributed by atoms with van der Waals surface area (Å²) in [4.78, 5) is 24.4. The van der Waals surface area contributed by atoms with Crippen molar-refractivity contribution in [1.82, 2.24) is 0 Å². The van der Waals surface area contributed by atoms with Gasteiger partial charge in [0.15, 0.2) is 5.41 Å². The monoisotopic (exact) mass is 276 g/mol. The molecule has 108 valence electrons. The van der Waals surface area contributed by atoms with Gasteiger partial charge in [0.2, 0.25) is 0 Å². The quantitative estimate of drug-likeness (QED) is 0.614. The van der Waals surface area contributed by atoms with Crippen molar-refractivity contribution in [3.05, 3.63) is 34.9 Å². The minimum absolute atomic E-state index is 0.109. The zero-order valence-corrected chi connectivity index (χ0v) is 12.4. The van der Waals surface area contributed by atoms with Crippen molar-refractivity contribution in [2.75, 3.05) is 14.2 Å². The van der Waals surface area contributed by atoms with Gasteiger partial charge in [-0.2, -0.15) is 0 Å². The van der Waals surface area contributed by atoms with E-state index in [2.05, 4.69) is 13.0 Å². The van der Waals surface area contributed by atoms with Crippen LogP contribution in [0.4, 0.5) is 0 Å². The lowest BCUT2D eigenvalue weighted by Gasteiger charge is -2.37. The summed E-state index contributed by atoms with van der Waals surface area (Å²) in [5.41, 5.74) is 2.23. The first-order valence-electron chi connectivity index (χ1n) is 6.71. The fourth-order valence-electron chi connectivity index (χ4n) is 3.41. The highest BCUT2D eigenvalue weighted by molar-refractivity contribution is 6.00. The van der Waals surface area contributed by atoms with E-state index < -0.39 is 17.4 Å². The maximum absolute atomic E-state index is 12.2. The van der Waals surface area contributed by atoms with Gasteiger partial charge >= 0.3 is 11.9 Å². The summed E-state index contributed by atoms with van der Waals surface area (Å²) in [6, 6.07) is 5.97. The Morgan fingerprint density at radius 2 is 1.80 bits per heavy atom. The average Bonchev–Trinajstić information content (AvgIpc) is 2.44. The Labute approximate surface area is 119 Å². The average molecular weight is 276 g/mol. The number of hydrogen-bond acceptors (Lipinski definition) is 4. The molecule has 1 aliphatic rings. The third-order valence-corrected chi connectivity index (χ3v) is 4.21. The molecule has 1 unspecified atom stereocenters. The predicted octanol–water partition coefficient (Wildman–Crippen LogP) is 2.38. The van der Waals surface area contributed by atoms with E-state index in [9.17, 15) is 9.59 Å². The molecule has 1 aromatic carbocycles. The molecule has 0 amide bonds. The summed E-state index contributed by atoms with van der Waals surface area (Å²) in [5.74, 6) is -0.912. The zero-order chi connectivity index (χ0) is 14.9. The molecule has 1 atom stereocenters. The molecule has 0 bridgehead atoms. The third kappa shape index (κ3) is 2.09. The molecule has 4 nitrogen and oxygen atoms in total. The van der Waals surface area contributed by atoms with E-state index in [1.807, 2.05) is 19.1 Å². The highest BCUT2D eigenvalue weighted by Gasteiger charge is 2.52. The molecule has 0 fully saturated rings. The molecular formula is C16H20O4. The standard InChI is InChI=1S/C16H20O4/c1-10-6-5-7-12-9-16(14(17)19-3,15(18)20-4)8-11(2)13(10)12/h5-7,11H,8-9H2,1-4H3. The number of rotatable bonds is 2. The molecule has 0 aromatic heterocycles. The number of carbonyl (C=O) groups is 2. The molecule has 0 spiro atoms. The number of hydrogen-bond donors (Lipinski definition) is 0. The van der Waals surface area contributed by atoms with E-state index in [4.69, 9.17) is 9.47 Å². The molecule has 0 N–H and O–H groups in total. The summed E-state index contributed by atoms with van der Waals surface area (Å²) in [5, 5.41) is 0. The summed E-state index contributed by atoms with van der Waals surface area (Å²) in [7, 11) is 2.62. The first kappa shape index (κ1) is 14.6. The molecule has 0 radical (unpaired) electrons. The van der Waals surface area contributed by atoms with Crippen LogP contribution in [-0.4, -0.2) is 26.2 Å². The molecule has 1 aliphatic carbocycles. The van der Waals surface area contributed by atoms with E-state index in [0.717, 1.165) is 5.56 Å². The van der Waals surface area contributed by atoms with E-state index >= 15 is 0 Å². The van der Waals surface area contributed by atoms with Crippen molar-refractivity contribution in [3.8, 4) is 0 Å². The maximum Gasteiger partial charge on any atom is 0.323 e. The van der Waals surface area contributed by atoms with Crippen LogP contribution >= 0.6 is 0 Å². The SMILES string of the molecule is COC(=O)C1(C(=O)OC)Cc2cccc(C)c2C(C)C1. The van der Waals surface area contributed by atoms with Crippen LogP contribution in [0.2, 0.25) is 0 Å². The first-order chi connectivity index (χ1) is 9.46. The van der Waals surface area contributed by atoms with Crippen molar-refractivity contribution < 1.29 is 19.1 Å². The third-order valence-electron chi connectivity index (χ3n) is 4.21. The molecule has 2 rings (SSSR count). The molecule has 0 saturated carbocycles. The van der Waals surface area contributed by atoms with Gasteiger partial charge in [-0.3, -0.25) is 9.59 Å². The van der Waals surface area contributed by atoms with E-state index in [-0.39, 0.29) is 5.92 Å². The lowest BCUT2D eigenvalue weighted by molar-refractivity contribution is -0.170. The Morgan fingerprint density at radius 1 is 1.20 bits per heavy atom. The van der Waals surface area contributed by atoms with Crippen LogP contribution in [0.25, 0.3) is 0 Å². The lowest BCUT2D eigenvalue weighted by Crippen LogP contribution is -2.46. The number of carbonyl (C=O) groups excluding carboxylic acids is 2. The lowest BCUT2D eigenvalue weighted by atomic mass is 9.66. The van der Waals surface area contributed by atoms with Gasteiger partial charge in [-0.15, -0.1) is 0 Å². The van der Waals surface area contributed by atoms with Crippen LogP contribution in [0.5, 0.6) is 0 Å². The van der Waals surface area contributed by atoms with Crippen LogP contribution in [0.15, 0.2) is 18.2 Å². The zero-order valence-electron chi connectivity index (χ0n) is 12.4. The number of esters is 2. The number of methoxy groups -OCH3 is 2. The Balaban J connectivity index is 2.54. The molecule has 1 aromatic rings. The van der Waals surface area contributed by atoms with Crippen molar-refractivity contribution in [3.63, 3.8) is 0 Å². The molecule has 0 heterocycles. The van der Waals surface area contributed by atoms with Gasteiger partial charge in [0.05, 0.1) is 14.2 Å². The minimum Gasteiger partial charge on any atom is -0.468 e. The Bertz CT molecular complexity index is 531. The van der Waals surface area contributed by atoms with Crippen LogP contribution in [0.1, 0.15) is 36.0 Å². The van der Waals surface area contributed by atoms with Crippen molar-refractivity contribution in [1.29, 1.82) is 0 Å². The van der Waals surface area contributed by atoms with Gasteiger partial charge in [-0.05, 0) is 42.4 Å². The fourth-order valence-corrected chi connectivity index (χ4v) is 3.41. The summed E-state index contributed by atoms with van der Waals surface area (Å²) in [6.45, 7) is 4.09. The van der Waals surface area contributed by atoms with Crippen LogP contribution in [0, 0.1) is 12.3 Å². The minimum atomic E-state index is -1.22. The van der Waals surface area contributed by atoms with Gasteiger partial charge in [0.1, 0.15) is 0 Å². The summed E-state index contributed by atoms with van der Waals surface area (Å²) >= 11 is 0. The van der Waals surface area contributed by atoms with Gasteiger partial charge in [0.25, 0.3) is 0 Å². The van der Waals surface area contributed by atoms with Crippen molar-refractivity contribution in [2.24, 2.45) is 5.41 Å². The Kier molecular flexibility index (Phi) is 3.84. The van der Waals surface area contributed by atoms with Gasteiger partial charge < -0.3 is 9.47 Å². The highest BCUT2D eigenvalue weighted by Crippen LogP contribution is 2.44. The molecule has 0 aliphatic heterocycles. The molecule has 4 heteroatoms. The van der Waals surface area contributed by atoms with Crippen LogP contribution in [-0.2, 0) is 25.5 Å². The second-order valence-electron chi connectivity index (χ2n) is 5.49. The normalized spacial score (nSPS) is 19.9. The topological polar surface area (TPSA) is 52.6 Å².